The second-order valence-electron chi connectivity index (χ2n) is 4.67. The van der Waals surface area contributed by atoms with Gasteiger partial charge in [0.1, 0.15) is 0 Å². The van der Waals surface area contributed by atoms with Crippen molar-refractivity contribution in [2.75, 3.05) is 27.2 Å². The SMILES string of the molecule is COC(CN(C)CCn1cccn1)c1ccccc1. The summed E-state index contributed by atoms with van der Waals surface area (Å²) in [5.41, 5.74) is 1.22. The van der Waals surface area contributed by atoms with Crippen LogP contribution in [0.3, 0.4) is 0 Å². The summed E-state index contributed by atoms with van der Waals surface area (Å²) < 4.78 is 7.53. The van der Waals surface area contributed by atoms with E-state index in [1.807, 2.05) is 41.3 Å². The Morgan fingerprint density at radius 3 is 2.68 bits per heavy atom. The molecule has 0 aliphatic rings. The molecule has 2 aromatic rings. The lowest BCUT2D eigenvalue weighted by molar-refractivity contribution is 0.0704. The van der Waals surface area contributed by atoms with Crippen LogP contribution in [0, 0.1) is 0 Å². The van der Waals surface area contributed by atoms with Crippen molar-refractivity contribution in [3.05, 3.63) is 54.4 Å². The van der Waals surface area contributed by atoms with Crippen molar-refractivity contribution in [2.24, 2.45) is 0 Å². The van der Waals surface area contributed by atoms with E-state index in [1.54, 1.807) is 7.11 Å². The fourth-order valence-corrected chi connectivity index (χ4v) is 2.06. The second-order valence-corrected chi connectivity index (χ2v) is 4.67. The van der Waals surface area contributed by atoms with Gasteiger partial charge >= 0.3 is 0 Å². The number of hydrogen-bond donors (Lipinski definition) is 0. The molecule has 4 heteroatoms. The van der Waals surface area contributed by atoms with E-state index in [0.717, 1.165) is 19.6 Å². The molecule has 1 heterocycles. The van der Waals surface area contributed by atoms with Crippen LogP contribution in [-0.4, -0.2) is 41.9 Å². The van der Waals surface area contributed by atoms with E-state index >= 15 is 0 Å². The number of ether oxygens (including phenoxy) is 1. The molecule has 1 aromatic heterocycles. The van der Waals surface area contributed by atoms with Crippen LogP contribution < -0.4 is 0 Å². The van der Waals surface area contributed by atoms with E-state index in [1.165, 1.54) is 5.56 Å². The molecule has 4 nitrogen and oxygen atoms in total. The Bertz CT molecular complexity index is 456. The van der Waals surface area contributed by atoms with Crippen molar-refractivity contribution < 1.29 is 4.74 Å². The van der Waals surface area contributed by atoms with Crippen molar-refractivity contribution in [3.8, 4) is 0 Å². The van der Waals surface area contributed by atoms with Crippen LogP contribution >= 0.6 is 0 Å². The maximum Gasteiger partial charge on any atom is 0.0947 e. The standard InChI is InChI=1S/C15H21N3O/c1-17(11-12-18-10-6-9-16-18)13-15(19-2)14-7-4-3-5-8-14/h3-10,15H,11-13H2,1-2H3. The minimum atomic E-state index is 0.115. The number of benzene rings is 1. The summed E-state index contributed by atoms with van der Waals surface area (Å²) in [5.74, 6) is 0. The first-order valence-electron chi connectivity index (χ1n) is 6.53. The van der Waals surface area contributed by atoms with E-state index in [2.05, 4.69) is 29.2 Å². The molecule has 2 rings (SSSR count). The van der Waals surface area contributed by atoms with Gasteiger partial charge in [0, 0.05) is 32.6 Å². The molecule has 0 bridgehead atoms. The highest BCUT2D eigenvalue weighted by molar-refractivity contribution is 5.17. The van der Waals surface area contributed by atoms with Gasteiger partial charge in [0.15, 0.2) is 0 Å². The molecule has 1 unspecified atom stereocenters. The largest absolute Gasteiger partial charge is 0.375 e. The molecule has 1 aromatic carbocycles. The Labute approximate surface area is 114 Å². The minimum absolute atomic E-state index is 0.115. The number of likely N-dealkylation sites (N-methyl/N-ethyl adjacent to an activating group) is 1. The van der Waals surface area contributed by atoms with Crippen LogP contribution in [-0.2, 0) is 11.3 Å². The summed E-state index contributed by atoms with van der Waals surface area (Å²) >= 11 is 0. The van der Waals surface area contributed by atoms with Gasteiger partial charge in [-0.15, -0.1) is 0 Å². The maximum absolute atomic E-state index is 5.58. The third-order valence-corrected chi connectivity index (χ3v) is 3.20. The number of rotatable bonds is 7. The summed E-state index contributed by atoms with van der Waals surface area (Å²) in [7, 11) is 3.87. The number of hydrogen-bond acceptors (Lipinski definition) is 3. The monoisotopic (exact) mass is 259 g/mol. The lowest BCUT2D eigenvalue weighted by atomic mass is 10.1. The van der Waals surface area contributed by atoms with Crippen molar-refractivity contribution in [3.63, 3.8) is 0 Å². The average Bonchev–Trinajstić information content (AvgIpc) is 2.97. The molecule has 19 heavy (non-hydrogen) atoms. The molecule has 0 fully saturated rings. The summed E-state index contributed by atoms with van der Waals surface area (Å²) in [6.45, 7) is 2.73. The van der Waals surface area contributed by atoms with Crippen LogP contribution in [0.4, 0.5) is 0 Å². The van der Waals surface area contributed by atoms with Crippen molar-refractivity contribution in [1.82, 2.24) is 14.7 Å². The third kappa shape index (κ3) is 4.19. The van der Waals surface area contributed by atoms with Gasteiger partial charge in [-0.3, -0.25) is 4.68 Å². The highest BCUT2D eigenvalue weighted by Gasteiger charge is 2.12. The van der Waals surface area contributed by atoms with Gasteiger partial charge in [-0.2, -0.15) is 5.10 Å². The minimum Gasteiger partial charge on any atom is -0.375 e. The summed E-state index contributed by atoms with van der Waals surface area (Å²) in [6, 6.07) is 12.3. The molecular formula is C15H21N3O. The maximum atomic E-state index is 5.58. The smallest absolute Gasteiger partial charge is 0.0947 e. The zero-order valence-corrected chi connectivity index (χ0v) is 11.6. The van der Waals surface area contributed by atoms with E-state index < -0.39 is 0 Å². The van der Waals surface area contributed by atoms with Crippen molar-refractivity contribution in [2.45, 2.75) is 12.6 Å². The highest BCUT2D eigenvalue weighted by Crippen LogP contribution is 2.16. The van der Waals surface area contributed by atoms with Gasteiger partial charge in [-0.05, 0) is 18.7 Å². The third-order valence-electron chi connectivity index (χ3n) is 3.20. The van der Waals surface area contributed by atoms with Gasteiger partial charge in [0.25, 0.3) is 0 Å². The Morgan fingerprint density at radius 1 is 1.26 bits per heavy atom. The first-order valence-corrected chi connectivity index (χ1v) is 6.53. The van der Waals surface area contributed by atoms with Crippen LogP contribution in [0.1, 0.15) is 11.7 Å². The van der Waals surface area contributed by atoms with Gasteiger partial charge in [0.05, 0.1) is 12.6 Å². The summed E-state index contributed by atoms with van der Waals surface area (Å²) in [6.07, 6.45) is 3.91. The highest BCUT2D eigenvalue weighted by atomic mass is 16.5. The quantitative estimate of drug-likeness (QED) is 0.763. The summed E-state index contributed by atoms with van der Waals surface area (Å²) in [4.78, 5) is 2.27. The molecule has 0 aliphatic heterocycles. The lowest BCUT2D eigenvalue weighted by Gasteiger charge is -2.23. The van der Waals surface area contributed by atoms with Gasteiger partial charge in [-0.25, -0.2) is 0 Å². The van der Waals surface area contributed by atoms with E-state index in [4.69, 9.17) is 4.74 Å². The Kier molecular flexibility index (Phi) is 5.12. The van der Waals surface area contributed by atoms with E-state index in [0.29, 0.717) is 0 Å². The van der Waals surface area contributed by atoms with Gasteiger partial charge in [-0.1, -0.05) is 30.3 Å². The van der Waals surface area contributed by atoms with Crippen molar-refractivity contribution in [1.29, 1.82) is 0 Å². The van der Waals surface area contributed by atoms with Gasteiger partial charge in [0.2, 0.25) is 0 Å². The second kappa shape index (κ2) is 7.07. The zero-order valence-electron chi connectivity index (χ0n) is 11.6. The zero-order chi connectivity index (χ0) is 13.5. The normalized spacial score (nSPS) is 12.8. The molecular weight excluding hydrogens is 238 g/mol. The number of nitrogens with zero attached hydrogens (tertiary/aromatic N) is 3. The summed E-state index contributed by atoms with van der Waals surface area (Å²) in [5, 5.41) is 4.20. The topological polar surface area (TPSA) is 30.3 Å². The Balaban J connectivity index is 1.84. The average molecular weight is 259 g/mol. The molecule has 0 spiro atoms. The first-order chi connectivity index (χ1) is 9.29. The molecule has 1 atom stereocenters. The van der Waals surface area contributed by atoms with Crippen LogP contribution in [0.5, 0.6) is 0 Å². The fourth-order valence-electron chi connectivity index (χ4n) is 2.06. The lowest BCUT2D eigenvalue weighted by Crippen LogP contribution is -2.29. The Morgan fingerprint density at radius 2 is 2.05 bits per heavy atom. The molecule has 0 N–H and O–H groups in total. The fraction of sp³-hybridized carbons (Fsp3) is 0.400. The van der Waals surface area contributed by atoms with E-state index in [-0.39, 0.29) is 6.10 Å². The predicted octanol–water partition coefficient (Wildman–Crippen LogP) is 2.20. The molecule has 0 radical (unpaired) electrons. The van der Waals surface area contributed by atoms with Crippen LogP contribution in [0.15, 0.2) is 48.8 Å². The van der Waals surface area contributed by atoms with Crippen molar-refractivity contribution >= 4 is 0 Å². The first kappa shape index (κ1) is 13.8. The van der Waals surface area contributed by atoms with Crippen LogP contribution in [0.25, 0.3) is 0 Å². The van der Waals surface area contributed by atoms with Gasteiger partial charge < -0.3 is 9.64 Å². The molecule has 0 aliphatic carbocycles. The number of aromatic nitrogens is 2. The van der Waals surface area contributed by atoms with Crippen LogP contribution in [0.2, 0.25) is 0 Å². The molecule has 0 saturated heterocycles. The van der Waals surface area contributed by atoms with E-state index in [9.17, 15) is 0 Å². The molecule has 0 amide bonds. The number of methoxy groups -OCH3 is 1. The molecule has 102 valence electrons. The Hall–Kier alpha value is -1.65. The molecule has 0 saturated carbocycles. The predicted molar refractivity (Wildman–Crippen MR) is 75.9 cm³/mol.